The standard InChI is InChI=1S/C24H29N5OS/c1-3-27(16-18-5-4-11-26(18)2)17-6-7-19-20(15-17)31-25-22(19)23(30)29-14-13-28-12-10-24(28)9-8-21(24)29/h3,6-7,15-16,21H,1,4-5,8-14H2,2H3/b18-16-. The van der Waals surface area contributed by atoms with Gasteiger partial charge in [0.1, 0.15) is 5.69 Å². The van der Waals surface area contributed by atoms with Gasteiger partial charge in [0.2, 0.25) is 0 Å². The van der Waals surface area contributed by atoms with E-state index in [1.807, 2.05) is 6.20 Å². The maximum atomic E-state index is 13.5. The van der Waals surface area contributed by atoms with Crippen molar-refractivity contribution >= 4 is 33.2 Å². The van der Waals surface area contributed by atoms with Gasteiger partial charge in [0.25, 0.3) is 5.91 Å². The Balaban J connectivity index is 1.28. The summed E-state index contributed by atoms with van der Waals surface area (Å²) in [5.74, 6) is 0.116. The number of benzene rings is 1. The average Bonchev–Trinajstić information content (AvgIpc) is 3.33. The highest BCUT2D eigenvalue weighted by molar-refractivity contribution is 7.13. The number of amides is 1. The van der Waals surface area contributed by atoms with Gasteiger partial charge < -0.3 is 14.7 Å². The molecule has 1 aliphatic carbocycles. The highest BCUT2D eigenvalue weighted by atomic mass is 32.1. The van der Waals surface area contributed by atoms with Crippen LogP contribution in [0.5, 0.6) is 0 Å². The number of carbonyl (C=O) groups is 1. The Labute approximate surface area is 187 Å². The fourth-order valence-electron chi connectivity index (χ4n) is 6.00. The van der Waals surface area contributed by atoms with E-state index >= 15 is 0 Å². The molecule has 2 aromatic rings. The van der Waals surface area contributed by atoms with Crippen molar-refractivity contribution in [3.05, 3.63) is 48.6 Å². The van der Waals surface area contributed by atoms with Crippen molar-refractivity contribution in [3.63, 3.8) is 0 Å². The monoisotopic (exact) mass is 435 g/mol. The van der Waals surface area contributed by atoms with E-state index in [-0.39, 0.29) is 11.4 Å². The van der Waals surface area contributed by atoms with Gasteiger partial charge in [-0.1, -0.05) is 6.58 Å². The van der Waals surface area contributed by atoms with Crippen LogP contribution in [0.4, 0.5) is 5.69 Å². The summed E-state index contributed by atoms with van der Waals surface area (Å²) in [6.45, 7) is 8.14. The molecular weight excluding hydrogens is 406 g/mol. The van der Waals surface area contributed by atoms with Crippen LogP contribution in [-0.4, -0.2) is 69.8 Å². The molecule has 4 heterocycles. The van der Waals surface area contributed by atoms with Crippen molar-refractivity contribution in [2.24, 2.45) is 0 Å². The van der Waals surface area contributed by atoms with Crippen molar-refractivity contribution in [1.82, 2.24) is 19.1 Å². The summed E-state index contributed by atoms with van der Waals surface area (Å²) in [7, 11) is 2.14. The van der Waals surface area contributed by atoms with Gasteiger partial charge in [-0.15, -0.1) is 0 Å². The summed E-state index contributed by atoms with van der Waals surface area (Å²) >= 11 is 1.43. The van der Waals surface area contributed by atoms with E-state index in [1.54, 1.807) is 0 Å². The van der Waals surface area contributed by atoms with Crippen molar-refractivity contribution in [2.45, 2.75) is 43.7 Å². The Kier molecular flexibility index (Phi) is 4.40. The van der Waals surface area contributed by atoms with Crippen LogP contribution in [0.25, 0.3) is 10.1 Å². The molecule has 0 radical (unpaired) electrons. The van der Waals surface area contributed by atoms with Crippen molar-refractivity contribution in [3.8, 4) is 0 Å². The number of allylic oxidation sites excluding steroid dienone is 1. The van der Waals surface area contributed by atoms with E-state index in [1.165, 1.54) is 43.0 Å². The quantitative estimate of drug-likeness (QED) is 0.729. The molecule has 3 saturated heterocycles. The number of aromatic nitrogens is 1. The van der Waals surface area contributed by atoms with E-state index in [9.17, 15) is 4.79 Å². The second-order valence-corrected chi connectivity index (χ2v) is 10.1. The minimum Gasteiger partial charge on any atom is -0.377 e. The maximum absolute atomic E-state index is 13.5. The van der Waals surface area contributed by atoms with E-state index in [4.69, 9.17) is 0 Å². The molecular formula is C24H29N5OS. The molecule has 4 aliphatic rings. The molecule has 4 fully saturated rings. The lowest BCUT2D eigenvalue weighted by Gasteiger charge is -2.68. The predicted molar refractivity (Wildman–Crippen MR) is 125 cm³/mol. The first-order valence-corrected chi connectivity index (χ1v) is 12.2. The van der Waals surface area contributed by atoms with Gasteiger partial charge in [0.05, 0.1) is 10.7 Å². The smallest absolute Gasteiger partial charge is 0.274 e. The zero-order valence-corrected chi connectivity index (χ0v) is 18.9. The Morgan fingerprint density at radius 2 is 2.19 bits per heavy atom. The molecule has 1 aromatic heterocycles. The van der Waals surface area contributed by atoms with Gasteiger partial charge in [-0.3, -0.25) is 9.69 Å². The zero-order chi connectivity index (χ0) is 21.2. The second kappa shape index (κ2) is 7.07. The van der Waals surface area contributed by atoms with Crippen molar-refractivity contribution in [1.29, 1.82) is 0 Å². The van der Waals surface area contributed by atoms with Gasteiger partial charge in [-0.2, -0.15) is 4.37 Å². The van der Waals surface area contributed by atoms with Crippen molar-refractivity contribution in [2.75, 3.05) is 38.1 Å². The number of hydrogen-bond donors (Lipinski definition) is 0. The van der Waals surface area contributed by atoms with E-state index in [2.05, 4.69) is 62.0 Å². The number of rotatable bonds is 4. The number of carbonyl (C=O) groups excluding carboxylic acids is 1. The van der Waals surface area contributed by atoms with Gasteiger partial charge in [0.15, 0.2) is 0 Å². The fourth-order valence-corrected chi connectivity index (χ4v) is 6.80. The first-order valence-electron chi connectivity index (χ1n) is 11.4. The second-order valence-electron chi connectivity index (χ2n) is 9.34. The number of fused-ring (bicyclic) bond motifs is 1. The number of likely N-dealkylation sites (tertiary alicyclic amines) is 1. The molecule has 0 N–H and O–H groups in total. The molecule has 1 amide bonds. The van der Waals surface area contributed by atoms with Crippen molar-refractivity contribution < 1.29 is 4.79 Å². The van der Waals surface area contributed by atoms with Crippen LogP contribution in [0.15, 0.2) is 42.9 Å². The summed E-state index contributed by atoms with van der Waals surface area (Å²) in [6, 6.07) is 6.65. The number of piperazine rings is 1. The molecule has 6 rings (SSSR count). The predicted octanol–water partition coefficient (Wildman–Crippen LogP) is 3.88. The van der Waals surface area contributed by atoms with Crippen LogP contribution in [0.1, 0.15) is 42.6 Å². The zero-order valence-electron chi connectivity index (χ0n) is 18.1. The lowest BCUT2D eigenvalue weighted by molar-refractivity contribution is -0.161. The van der Waals surface area contributed by atoms with Crippen LogP contribution in [0.2, 0.25) is 0 Å². The minimum atomic E-state index is 0.116. The summed E-state index contributed by atoms with van der Waals surface area (Å²) < 4.78 is 5.68. The molecule has 162 valence electrons. The number of nitrogens with zero attached hydrogens (tertiary/aromatic N) is 5. The third-order valence-electron chi connectivity index (χ3n) is 8.02. The fraction of sp³-hybridized carbons (Fsp3) is 0.500. The van der Waals surface area contributed by atoms with Crippen LogP contribution in [0, 0.1) is 0 Å². The highest BCUT2D eigenvalue weighted by Crippen LogP contribution is 2.52. The molecule has 1 saturated carbocycles. The summed E-state index contributed by atoms with van der Waals surface area (Å²) in [5.41, 5.74) is 3.29. The van der Waals surface area contributed by atoms with E-state index in [0.29, 0.717) is 11.7 Å². The summed E-state index contributed by atoms with van der Waals surface area (Å²) in [6.07, 6.45) is 9.92. The lowest BCUT2D eigenvalue weighted by Crippen LogP contribution is -2.79. The molecule has 3 aliphatic heterocycles. The molecule has 31 heavy (non-hydrogen) atoms. The summed E-state index contributed by atoms with van der Waals surface area (Å²) in [4.78, 5) is 22.6. The third kappa shape index (κ3) is 2.79. The van der Waals surface area contributed by atoms with Crippen LogP contribution < -0.4 is 4.90 Å². The highest BCUT2D eigenvalue weighted by Gasteiger charge is 2.61. The SMILES string of the molecule is C=CN(/C=C1/CCCN1C)c1ccc2c(C(=O)N3CCN4CCC45CCC35)nsc2c1. The first-order chi connectivity index (χ1) is 15.1. The van der Waals surface area contributed by atoms with E-state index < -0.39 is 0 Å². The first kappa shape index (κ1) is 19.3. The molecule has 7 heteroatoms. The molecule has 1 spiro atoms. The largest absolute Gasteiger partial charge is 0.377 e. The van der Waals surface area contributed by atoms with Crippen LogP contribution in [-0.2, 0) is 0 Å². The Hall–Kier alpha value is -2.38. The number of anilines is 1. The van der Waals surface area contributed by atoms with Gasteiger partial charge >= 0.3 is 0 Å². The van der Waals surface area contributed by atoms with Crippen LogP contribution in [0.3, 0.4) is 0 Å². The average molecular weight is 436 g/mol. The topological polar surface area (TPSA) is 42.9 Å². The molecule has 6 nitrogen and oxygen atoms in total. The molecule has 0 bridgehead atoms. The van der Waals surface area contributed by atoms with Gasteiger partial charge in [0, 0.05) is 67.9 Å². The number of hydrogen-bond acceptors (Lipinski definition) is 6. The third-order valence-corrected chi connectivity index (χ3v) is 8.83. The Morgan fingerprint density at radius 3 is 2.87 bits per heavy atom. The maximum Gasteiger partial charge on any atom is 0.274 e. The molecule has 1 aromatic carbocycles. The normalized spacial score (nSPS) is 28.8. The Bertz CT molecular complexity index is 1090. The van der Waals surface area contributed by atoms with Crippen LogP contribution >= 0.6 is 11.5 Å². The lowest BCUT2D eigenvalue weighted by atomic mass is 9.61. The van der Waals surface area contributed by atoms with Gasteiger partial charge in [-0.05, 0) is 61.8 Å². The molecule has 2 atom stereocenters. The molecule has 2 unspecified atom stereocenters. The van der Waals surface area contributed by atoms with E-state index in [0.717, 1.165) is 48.2 Å². The summed E-state index contributed by atoms with van der Waals surface area (Å²) in [5, 5.41) is 0.970. The van der Waals surface area contributed by atoms with Gasteiger partial charge in [-0.25, -0.2) is 0 Å². The Morgan fingerprint density at radius 1 is 1.29 bits per heavy atom. The minimum absolute atomic E-state index is 0.116.